The summed E-state index contributed by atoms with van der Waals surface area (Å²) >= 11 is 3.41. The first-order valence-electron chi connectivity index (χ1n) is 6.88. The highest BCUT2D eigenvalue weighted by atomic mass is 127. The van der Waals surface area contributed by atoms with Crippen molar-refractivity contribution < 1.29 is 4.79 Å². The number of rotatable bonds is 5. The average molecular weight is 483 g/mol. The molecule has 0 aliphatic carbocycles. The maximum absolute atomic E-state index is 11.6. The highest BCUT2D eigenvalue weighted by Crippen LogP contribution is 2.11. The maximum atomic E-state index is 11.6. The Labute approximate surface area is 158 Å². The molecule has 124 valence electrons. The lowest BCUT2D eigenvalue weighted by Gasteiger charge is -2.16. The van der Waals surface area contributed by atoms with Crippen LogP contribution in [0.3, 0.4) is 0 Å². The first-order valence-corrected chi connectivity index (χ1v) is 7.67. The number of aliphatic imine (C=N–C) groups is 1. The average Bonchev–Trinajstić information content (AvgIpc) is 2.42. The van der Waals surface area contributed by atoms with Crippen LogP contribution in [0.5, 0.6) is 0 Å². The van der Waals surface area contributed by atoms with E-state index in [0.717, 1.165) is 10.0 Å². The Bertz CT molecular complexity index is 489. The largest absolute Gasteiger partial charge is 0.354 e. The van der Waals surface area contributed by atoms with Gasteiger partial charge in [-0.25, -0.2) is 4.99 Å². The van der Waals surface area contributed by atoms with Crippen molar-refractivity contribution >= 4 is 51.8 Å². The summed E-state index contributed by atoms with van der Waals surface area (Å²) in [4.78, 5) is 17.7. The molecule has 7 heteroatoms. The van der Waals surface area contributed by atoms with E-state index in [2.05, 4.69) is 31.6 Å². The van der Waals surface area contributed by atoms with Gasteiger partial charge in [0.25, 0.3) is 0 Å². The summed E-state index contributed by atoms with van der Waals surface area (Å²) in [6, 6.07) is 8.26. The Kier molecular flexibility index (Phi) is 10.4. The van der Waals surface area contributed by atoms with Crippen molar-refractivity contribution in [1.29, 1.82) is 0 Å². The summed E-state index contributed by atoms with van der Waals surface area (Å²) in [5.41, 5.74) is 1.11. The lowest BCUT2D eigenvalue weighted by atomic mass is 10.2. The van der Waals surface area contributed by atoms with Gasteiger partial charge in [0.1, 0.15) is 0 Å². The Morgan fingerprint density at radius 1 is 1.27 bits per heavy atom. The molecule has 1 rings (SSSR count). The van der Waals surface area contributed by atoms with Gasteiger partial charge in [0.15, 0.2) is 5.96 Å². The second-order valence-corrected chi connectivity index (χ2v) is 6.15. The fourth-order valence-electron chi connectivity index (χ4n) is 1.50. The number of carbonyl (C=O) groups excluding carboxylic acids is 1. The van der Waals surface area contributed by atoms with E-state index in [1.807, 2.05) is 38.1 Å². The molecule has 0 aromatic heterocycles. The third-order valence-corrected chi connectivity index (χ3v) is 3.19. The van der Waals surface area contributed by atoms with E-state index < -0.39 is 0 Å². The Balaban J connectivity index is 0.00000441. The number of hydrogen-bond acceptors (Lipinski definition) is 2. The van der Waals surface area contributed by atoms with Gasteiger partial charge in [-0.3, -0.25) is 4.79 Å². The van der Waals surface area contributed by atoms with Gasteiger partial charge < -0.3 is 15.5 Å². The van der Waals surface area contributed by atoms with E-state index in [9.17, 15) is 4.79 Å². The maximum Gasteiger partial charge on any atom is 0.241 e. The van der Waals surface area contributed by atoms with Crippen molar-refractivity contribution in [2.24, 2.45) is 4.99 Å². The van der Waals surface area contributed by atoms with Gasteiger partial charge in [0.2, 0.25) is 5.91 Å². The minimum atomic E-state index is 0. The van der Waals surface area contributed by atoms with Crippen molar-refractivity contribution in [2.45, 2.75) is 26.4 Å². The Morgan fingerprint density at radius 3 is 2.36 bits per heavy atom. The normalized spacial score (nSPS) is 10.9. The number of likely N-dealkylation sites (N-methyl/N-ethyl adjacent to an activating group) is 1. The number of hydrogen-bond donors (Lipinski definition) is 2. The summed E-state index contributed by atoms with van der Waals surface area (Å²) in [6.45, 7) is 4.85. The second-order valence-electron chi connectivity index (χ2n) is 5.23. The van der Waals surface area contributed by atoms with E-state index in [1.54, 1.807) is 19.0 Å². The zero-order chi connectivity index (χ0) is 15.8. The van der Waals surface area contributed by atoms with Crippen LogP contribution in [-0.4, -0.2) is 43.4 Å². The van der Waals surface area contributed by atoms with Crippen molar-refractivity contribution in [3.63, 3.8) is 0 Å². The van der Waals surface area contributed by atoms with Gasteiger partial charge in [0, 0.05) is 24.6 Å². The lowest BCUT2D eigenvalue weighted by molar-refractivity contribution is -0.127. The standard InChI is InChI=1S/C15H23BrN4O.HI/c1-11(2)19-15(18-10-14(21)20(3)4)17-9-12-5-7-13(16)8-6-12;/h5-8,11H,9-10H2,1-4H3,(H2,17,18,19);1H. The molecular weight excluding hydrogens is 459 g/mol. The summed E-state index contributed by atoms with van der Waals surface area (Å²) in [6.07, 6.45) is 0. The number of guanidine groups is 1. The van der Waals surface area contributed by atoms with Crippen LogP contribution in [0.15, 0.2) is 33.7 Å². The van der Waals surface area contributed by atoms with Crippen molar-refractivity contribution in [3.05, 3.63) is 34.3 Å². The molecule has 0 unspecified atom stereocenters. The lowest BCUT2D eigenvalue weighted by Crippen LogP contribution is -2.45. The summed E-state index contributed by atoms with van der Waals surface area (Å²) in [5, 5.41) is 6.27. The molecule has 0 heterocycles. The van der Waals surface area contributed by atoms with E-state index in [1.165, 1.54) is 0 Å². The molecule has 5 nitrogen and oxygen atoms in total. The van der Waals surface area contributed by atoms with Crippen LogP contribution in [0, 0.1) is 0 Å². The zero-order valence-electron chi connectivity index (χ0n) is 13.4. The third kappa shape index (κ3) is 8.57. The highest BCUT2D eigenvalue weighted by Gasteiger charge is 2.06. The first kappa shape index (κ1) is 21.2. The van der Waals surface area contributed by atoms with Crippen molar-refractivity contribution in [3.8, 4) is 0 Å². The molecule has 2 N–H and O–H groups in total. The summed E-state index contributed by atoms with van der Waals surface area (Å²) < 4.78 is 1.05. The van der Waals surface area contributed by atoms with Crippen LogP contribution in [0.4, 0.5) is 0 Å². The molecule has 1 aromatic rings. The predicted molar refractivity (Wildman–Crippen MR) is 106 cm³/mol. The topological polar surface area (TPSA) is 56.7 Å². The number of amides is 1. The number of nitrogens with one attached hydrogen (secondary N) is 2. The van der Waals surface area contributed by atoms with Crippen molar-refractivity contribution in [2.75, 3.05) is 20.6 Å². The van der Waals surface area contributed by atoms with E-state index in [0.29, 0.717) is 12.5 Å². The number of benzene rings is 1. The van der Waals surface area contributed by atoms with Gasteiger partial charge in [-0.1, -0.05) is 28.1 Å². The Morgan fingerprint density at radius 2 is 1.86 bits per heavy atom. The van der Waals surface area contributed by atoms with Crippen LogP contribution in [0.2, 0.25) is 0 Å². The molecule has 0 radical (unpaired) electrons. The van der Waals surface area contributed by atoms with Gasteiger partial charge in [-0.05, 0) is 31.5 Å². The number of halogens is 2. The van der Waals surface area contributed by atoms with E-state index >= 15 is 0 Å². The molecule has 0 aliphatic rings. The second kappa shape index (κ2) is 10.8. The smallest absolute Gasteiger partial charge is 0.241 e. The van der Waals surface area contributed by atoms with Gasteiger partial charge in [-0.15, -0.1) is 24.0 Å². The predicted octanol–water partition coefficient (Wildman–Crippen LogP) is 2.60. The fourth-order valence-corrected chi connectivity index (χ4v) is 1.77. The monoisotopic (exact) mass is 482 g/mol. The first-order chi connectivity index (χ1) is 9.88. The molecule has 0 atom stereocenters. The van der Waals surface area contributed by atoms with E-state index in [-0.39, 0.29) is 42.5 Å². The van der Waals surface area contributed by atoms with Crippen LogP contribution in [-0.2, 0) is 11.3 Å². The highest BCUT2D eigenvalue weighted by molar-refractivity contribution is 14.0. The van der Waals surface area contributed by atoms with Gasteiger partial charge in [0.05, 0.1) is 13.1 Å². The molecule has 22 heavy (non-hydrogen) atoms. The van der Waals surface area contributed by atoms with Gasteiger partial charge in [-0.2, -0.15) is 0 Å². The van der Waals surface area contributed by atoms with E-state index in [4.69, 9.17) is 0 Å². The molecule has 0 bridgehead atoms. The number of carbonyl (C=O) groups is 1. The third-order valence-electron chi connectivity index (χ3n) is 2.66. The summed E-state index contributed by atoms with van der Waals surface area (Å²) in [5.74, 6) is 0.653. The Hall–Kier alpha value is -0.830. The minimum absolute atomic E-state index is 0. The molecule has 0 fully saturated rings. The van der Waals surface area contributed by atoms with Crippen LogP contribution >= 0.6 is 39.9 Å². The molecule has 0 spiro atoms. The van der Waals surface area contributed by atoms with Crippen molar-refractivity contribution in [1.82, 2.24) is 15.5 Å². The quantitative estimate of drug-likeness (QED) is 0.385. The minimum Gasteiger partial charge on any atom is -0.354 e. The molecule has 0 aliphatic heterocycles. The zero-order valence-corrected chi connectivity index (χ0v) is 17.3. The van der Waals surface area contributed by atoms with Crippen LogP contribution < -0.4 is 10.6 Å². The molecule has 1 amide bonds. The molecule has 1 aromatic carbocycles. The fraction of sp³-hybridized carbons (Fsp3) is 0.467. The SMILES string of the molecule is CC(C)NC(=NCc1ccc(Br)cc1)NCC(=O)N(C)C.I. The van der Waals surface area contributed by atoms with Gasteiger partial charge >= 0.3 is 0 Å². The molecular formula is C15H24BrIN4O. The number of nitrogens with zero attached hydrogens (tertiary/aromatic N) is 2. The molecule has 0 saturated heterocycles. The van der Waals surface area contributed by atoms with Crippen LogP contribution in [0.25, 0.3) is 0 Å². The molecule has 0 saturated carbocycles. The van der Waals surface area contributed by atoms with Crippen LogP contribution in [0.1, 0.15) is 19.4 Å². The summed E-state index contributed by atoms with van der Waals surface area (Å²) in [7, 11) is 3.47.